The maximum atomic E-state index is 10.6. The van der Waals surface area contributed by atoms with Crippen molar-refractivity contribution in [2.24, 2.45) is 5.73 Å². The van der Waals surface area contributed by atoms with Gasteiger partial charge in [0.2, 0.25) is 5.91 Å². The first kappa shape index (κ1) is 14.2. The van der Waals surface area contributed by atoms with Gasteiger partial charge in [-0.05, 0) is 28.1 Å². The molecule has 6 heteroatoms. The van der Waals surface area contributed by atoms with Gasteiger partial charge in [0.25, 0.3) is 0 Å². The van der Waals surface area contributed by atoms with Crippen molar-refractivity contribution in [1.82, 2.24) is 0 Å². The summed E-state index contributed by atoms with van der Waals surface area (Å²) < 4.78 is 6.10. The molecule has 0 unspecified atom stereocenters. The number of rotatable bonds is 6. The van der Waals surface area contributed by atoms with Crippen molar-refractivity contribution in [3.63, 3.8) is 0 Å². The SMILES string of the molecule is NC(=O)CCOc1c(Br)cccc1C=CC(=O)O. The number of carbonyl (C=O) groups is 2. The molecule has 0 radical (unpaired) electrons. The minimum atomic E-state index is -1.04. The topological polar surface area (TPSA) is 89.6 Å². The lowest BCUT2D eigenvalue weighted by atomic mass is 10.2. The molecular formula is C12H12BrNO4. The molecule has 0 heterocycles. The number of ether oxygens (including phenoxy) is 1. The monoisotopic (exact) mass is 313 g/mol. The summed E-state index contributed by atoms with van der Waals surface area (Å²) >= 11 is 3.30. The number of primary amides is 1. The molecule has 0 aromatic heterocycles. The van der Waals surface area contributed by atoms with Crippen LogP contribution in [0.4, 0.5) is 0 Å². The summed E-state index contributed by atoms with van der Waals surface area (Å²) in [5.74, 6) is -1.01. The van der Waals surface area contributed by atoms with Crippen molar-refractivity contribution in [2.45, 2.75) is 6.42 Å². The third-order valence-electron chi connectivity index (χ3n) is 2.00. The molecule has 5 nitrogen and oxygen atoms in total. The molecule has 1 aromatic carbocycles. The minimum Gasteiger partial charge on any atom is -0.491 e. The van der Waals surface area contributed by atoms with Gasteiger partial charge in [-0.1, -0.05) is 12.1 Å². The fourth-order valence-corrected chi connectivity index (χ4v) is 1.72. The Kier molecular flexibility index (Phi) is 5.38. The van der Waals surface area contributed by atoms with Crippen molar-refractivity contribution >= 4 is 33.9 Å². The molecule has 1 aromatic rings. The van der Waals surface area contributed by atoms with Gasteiger partial charge in [-0.2, -0.15) is 0 Å². The lowest BCUT2D eigenvalue weighted by molar-refractivity contribution is -0.131. The zero-order chi connectivity index (χ0) is 13.5. The van der Waals surface area contributed by atoms with Crippen LogP contribution in [0.1, 0.15) is 12.0 Å². The second kappa shape index (κ2) is 6.80. The van der Waals surface area contributed by atoms with Gasteiger partial charge in [0.05, 0.1) is 17.5 Å². The highest BCUT2D eigenvalue weighted by Crippen LogP contribution is 2.30. The molecule has 0 aliphatic rings. The Balaban J connectivity index is 2.86. The van der Waals surface area contributed by atoms with Gasteiger partial charge in [0.15, 0.2) is 0 Å². The van der Waals surface area contributed by atoms with E-state index in [1.807, 2.05) is 0 Å². The van der Waals surface area contributed by atoms with Crippen LogP contribution >= 0.6 is 15.9 Å². The number of para-hydroxylation sites is 1. The van der Waals surface area contributed by atoms with Crippen molar-refractivity contribution in [3.05, 3.63) is 34.3 Å². The van der Waals surface area contributed by atoms with Gasteiger partial charge < -0.3 is 15.6 Å². The first-order chi connectivity index (χ1) is 8.50. The van der Waals surface area contributed by atoms with E-state index < -0.39 is 11.9 Å². The van der Waals surface area contributed by atoms with E-state index in [0.717, 1.165) is 6.08 Å². The maximum Gasteiger partial charge on any atom is 0.328 e. The zero-order valence-electron chi connectivity index (χ0n) is 9.43. The van der Waals surface area contributed by atoms with Crippen molar-refractivity contribution in [2.75, 3.05) is 6.61 Å². The zero-order valence-corrected chi connectivity index (χ0v) is 11.0. The third kappa shape index (κ3) is 4.58. The fraction of sp³-hybridized carbons (Fsp3) is 0.167. The van der Waals surface area contributed by atoms with Crippen LogP contribution in [0, 0.1) is 0 Å². The van der Waals surface area contributed by atoms with E-state index in [-0.39, 0.29) is 13.0 Å². The molecule has 96 valence electrons. The highest BCUT2D eigenvalue weighted by molar-refractivity contribution is 9.10. The van der Waals surface area contributed by atoms with Crippen LogP contribution in [0.2, 0.25) is 0 Å². The molecule has 0 bridgehead atoms. The normalized spacial score (nSPS) is 10.5. The Morgan fingerprint density at radius 1 is 1.44 bits per heavy atom. The van der Waals surface area contributed by atoms with Gasteiger partial charge in [0, 0.05) is 11.6 Å². The second-order valence-corrected chi connectivity index (χ2v) is 4.25. The van der Waals surface area contributed by atoms with E-state index in [1.165, 1.54) is 6.08 Å². The number of carboxylic acid groups (broad SMARTS) is 1. The van der Waals surface area contributed by atoms with Crippen molar-refractivity contribution < 1.29 is 19.4 Å². The van der Waals surface area contributed by atoms with Crippen LogP contribution in [0.25, 0.3) is 6.08 Å². The summed E-state index contributed by atoms with van der Waals surface area (Å²) in [4.78, 5) is 21.1. The van der Waals surface area contributed by atoms with Crippen LogP contribution < -0.4 is 10.5 Å². The van der Waals surface area contributed by atoms with E-state index in [9.17, 15) is 9.59 Å². The molecule has 18 heavy (non-hydrogen) atoms. The number of hydrogen-bond acceptors (Lipinski definition) is 3. The summed E-state index contributed by atoms with van der Waals surface area (Å²) in [6.45, 7) is 0.145. The Morgan fingerprint density at radius 2 is 2.17 bits per heavy atom. The van der Waals surface area contributed by atoms with E-state index in [4.69, 9.17) is 15.6 Å². The first-order valence-electron chi connectivity index (χ1n) is 5.11. The quantitative estimate of drug-likeness (QED) is 0.784. The van der Waals surface area contributed by atoms with Crippen LogP contribution in [0.15, 0.2) is 28.7 Å². The number of nitrogens with two attached hydrogens (primary N) is 1. The van der Waals surface area contributed by atoms with E-state index in [1.54, 1.807) is 18.2 Å². The number of halogens is 1. The molecular weight excluding hydrogens is 302 g/mol. The average molecular weight is 314 g/mol. The van der Waals surface area contributed by atoms with Crippen LogP contribution in [0.5, 0.6) is 5.75 Å². The average Bonchev–Trinajstić information content (AvgIpc) is 2.28. The molecule has 0 aliphatic heterocycles. The summed E-state index contributed by atoms with van der Waals surface area (Å²) in [6, 6.07) is 5.23. The molecule has 0 saturated carbocycles. The molecule has 3 N–H and O–H groups in total. The van der Waals surface area contributed by atoms with Gasteiger partial charge in [-0.25, -0.2) is 4.79 Å². The summed E-state index contributed by atoms with van der Waals surface area (Å²) in [7, 11) is 0. The summed E-state index contributed by atoms with van der Waals surface area (Å²) in [5.41, 5.74) is 5.62. The van der Waals surface area contributed by atoms with Gasteiger partial charge in [0.1, 0.15) is 5.75 Å². The van der Waals surface area contributed by atoms with Crippen molar-refractivity contribution in [1.29, 1.82) is 0 Å². The van der Waals surface area contributed by atoms with Crippen LogP contribution in [-0.4, -0.2) is 23.6 Å². The van der Waals surface area contributed by atoms with Gasteiger partial charge in [-0.15, -0.1) is 0 Å². The van der Waals surface area contributed by atoms with Crippen molar-refractivity contribution in [3.8, 4) is 5.75 Å². The number of amides is 1. The smallest absolute Gasteiger partial charge is 0.328 e. The summed E-state index contributed by atoms with van der Waals surface area (Å²) in [6.07, 6.45) is 2.54. The van der Waals surface area contributed by atoms with E-state index in [0.29, 0.717) is 15.8 Å². The predicted octanol–water partition coefficient (Wildman–Crippen LogP) is 1.80. The number of carboxylic acids is 1. The fourth-order valence-electron chi connectivity index (χ4n) is 1.22. The minimum absolute atomic E-state index is 0.101. The molecule has 0 atom stereocenters. The summed E-state index contributed by atoms with van der Waals surface area (Å²) in [5, 5.41) is 8.58. The Labute approximate surface area is 112 Å². The molecule has 0 fully saturated rings. The lowest BCUT2D eigenvalue weighted by Crippen LogP contribution is -2.14. The third-order valence-corrected chi connectivity index (χ3v) is 2.62. The Bertz CT molecular complexity index is 485. The number of hydrogen-bond donors (Lipinski definition) is 2. The molecule has 1 amide bonds. The maximum absolute atomic E-state index is 10.6. The number of carbonyl (C=O) groups excluding carboxylic acids is 1. The van der Waals surface area contributed by atoms with Crippen LogP contribution in [0.3, 0.4) is 0 Å². The Morgan fingerprint density at radius 3 is 2.78 bits per heavy atom. The number of aliphatic carboxylic acids is 1. The molecule has 0 aliphatic carbocycles. The highest BCUT2D eigenvalue weighted by atomic mass is 79.9. The van der Waals surface area contributed by atoms with Gasteiger partial charge >= 0.3 is 5.97 Å². The largest absolute Gasteiger partial charge is 0.491 e. The van der Waals surface area contributed by atoms with E-state index in [2.05, 4.69) is 15.9 Å². The standard InChI is InChI=1S/C12H12BrNO4/c13-9-3-1-2-8(4-5-11(16)17)12(9)18-7-6-10(14)15/h1-5H,6-7H2,(H2,14,15)(H,16,17). The molecule has 0 spiro atoms. The predicted molar refractivity (Wildman–Crippen MR) is 70.1 cm³/mol. The molecule has 1 rings (SSSR count). The van der Waals surface area contributed by atoms with Crippen LogP contribution in [-0.2, 0) is 9.59 Å². The van der Waals surface area contributed by atoms with E-state index >= 15 is 0 Å². The number of benzene rings is 1. The lowest BCUT2D eigenvalue weighted by Gasteiger charge is -2.10. The second-order valence-electron chi connectivity index (χ2n) is 3.39. The highest BCUT2D eigenvalue weighted by Gasteiger charge is 2.07. The van der Waals surface area contributed by atoms with Gasteiger partial charge in [-0.3, -0.25) is 4.79 Å². The first-order valence-corrected chi connectivity index (χ1v) is 5.90. The molecule has 0 saturated heterocycles. The Hall–Kier alpha value is -1.82.